The van der Waals surface area contributed by atoms with Crippen LogP contribution in [0.3, 0.4) is 0 Å². The van der Waals surface area contributed by atoms with Gasteiger partial charge in [0.2, 0.25) is 5.91 Å². The number of nitrogens with one attached hydrogen (secondary N) is 1. The fourth-order valence-corrected chi connectivity index (χ4v) is 2.00. The highest BCUT2D eigenvalue weighted by atomic mass is 16.2. The largest absolute Gasteiger partial charge is 0.360 e. The third kappa shape index (κ3) is 2.12. The SMILES string of the molecule is Cc1ccc(N2CCNC(=O)C2)c(C)c1. The zero-order valence-corrected chi connectivity index (χ0v) is 9.21. The molecule has 1 N–H and O–H groups in total. The molecular weight excluding hydrogens is 188 g/mol. The maximum Gasteiger partial charge on any atom is 0.239 e. The minimum absolute atomic E-state index is 0.112. The van der Waals surface area contributed by atoms with Crippen molar-refractivity contribution in [2.45, 2.75) is 13.8 Å². The maximum absolute atomic E-state index is 11.3. The van der Waals surface area contributed by atoms with Gasteiger partial charge in [-0.2, -0.15) is 0 Å². The van der Waals surface area contributed by atoms with Gasteiger partial charge in [-0.25, -0.2) is 0 Å². The van der Waals surface area contributed by atoms with Crippen molar-refractivity contribution in [1.29, 1.82) is 0 Å². The van der Waals surface area contributed by atoms with Gasteiger partial charge in [0.15, 0.2) is 0 Å². The van der Waals surface area contributed by atoms with E-state index in [1.165, 1.54) is 16.8 Å². The molecule has 0 saturated carbocycles. The summed E-state index contributed by atoms with van der Waals surface area (Å²) < 4.78 is 0. The normalized spacial score (nSPS) is 16.4. The fourth-order valence-electron chi connectivity index (χ4n) is 2.00. The van der Waals surface area contributed by atoms with Crippen LogP contribution < -0.4 is 10.2 Å². The molecule has 2 rings (SSSR count). The smallest absolute Gasteiger partial charge is 0.239 e. The van der Waals surface area contributed by atoms with Gasteiger partial charge in [0.05, 0.1) is 6.54 Å². The van der Waals surface area contributed by atoms with Crippen molar-refractivity contribution >= 4 is 11.6 Å². The number of piperazine rings is 1. The monoisotopic (exact) mass is 204 g/mol. The van der Waals surface area contributed by atoms with E-state index in [9.17, 15) is 4.79 Å². The number of rotatable bonds is 1. The molecule has 80 valence electrons. The zero-order chi connectivity index (χ0) is 10.8. The average molecular weight is 204 g/mol. The Kier molecular flexibility index (Phi) is 2.62. The first-order chi connectivity index (χ1) is 7.16. The summed E-state index contributed by atoms with van der Waals surface area (Å²) in [5.41, 5.74) is 3.68. The van der Waals surface area contributed by atoms with Crippen molar-refractivity contribution in [3.63, 3.8) is 0 Å². The Labute approximate surface area is 90.1 Å². The van der Waals surface area contributed by atoms with E-state index >= 15 is 0 Å². The van der Waals surface area contributed by atoms with Crippen LogP contribution in [-0.4, -0.2) is 25.5 Å². The molecule has 1 amide bonds. The van der Waals surface area contributed by atoms with Gasteiger partial charge < -0.3 is 10.2 Å². The summed E-state index contributed by atoms with van der Waals surface area (Å²) in [6, 6.07) is 6.35. The number of hydrogen-bond donors (Lipinski definition) is 1. The molecule has 1 aromatic carbocycles. The molecule has 0 aromatic heterocycles. The van der Waals surface area contributed by atoms with E-state index in [4.69, 9.17) is 0 Å². The Balaban J connectivity index is 2.24. The molecule has 15 heavy (non-hydrogen) atoms. The van der Waals surface area contributed by atoms with Gasteiger partial charge in [0, 0.05) is 18.8 Å². The number of anilines is 1. The van der Waals surface area contributed by atoms with Gasteiger partial charge in [-0.1, -0.05) is 17.7 Å². The lowest BCUT2D eigenvalue weighted by molar-refractivity contribution is -0.120. The van der Waals surface area contributed by atoms with Crippen LogP contribution in [0.5, 0.6) is 0 Å². The van der Waals surface area contributed by atoms with Crippen molar-refractivity contribution in [3.8, 4) is 0 Å². The Bertz CT molecular complexity index is 387. The van der Waals surface area contributed by atoms with Gasteiger partial charge in [0.25, 0.3) is 0 Å². The summed E-state index contributed by atoms with van der Waals surface area (Å²) in [5, 5.41) is 2.83. The van der Waals surface area contributed by atoms with Crippen LogP contribution >= 0.6 is 0 Å². The third-order valence-corrected chi connectivity index (χ3v) is 2.73. The molecule has 0 atom stereocenters. The molecule has 1 aliphatic rings. The van der Waals surface area contributed by atoms with Crippen LogP contribution in [0.4, 0.5) is 5.69 Å². The predicted molar refractivity (Wildman–Crippen MR) is 61.1 cm³/mol. The minimum atomic E-state index is 0.112. The zero-order valence-electron chi connectivity index (χ0n) is 9.21. The van der Waals surface area contributed by atoms with Crippen LogP contribution in [0.25, 0.3) is 0 Å². The molecule has 3 heteroatoms. The van der Waals surface area contributed by atoms with E-state index in [1.54, 1.807) is 0 Å². The second-order valence-electron chi connectivity index (χ2n) is 4.06. The second kappa shape index (κ2) is 3.93. The van der Waals surface area contributed by atoms with Crippen LogP contribution in [-0.2, 0) is 4.79 Å². The van der Waals surface area contributed by atoms with Crippen LogP contribution in [0.15, 0.2) is 18.2 Å². The Morgan fingerprint density at radius 3 is 2.80 bits per heavy atom. The van der Waals surface area contributed by atoms with Gasteiger partial charge >= 0.3 is 0 Å². The second-order valence-corrected chi connectivity index (χ2v) is 4.06. The average Bonchev–Trinajstić information content (AvgIpc) is 2.17. The van der Waals surface area contributed by atoms with Crippen LogP contribution in [0.1, 0.15) is 11.1 Å². The van der Waals surface area contributed by atoms with Crippen molar-refractivity contribution < 1.29 is 4.79 Å². The molecule has 0 spiro atoms. The lowest BCUT2D eigenvalue weighted by atomic mass is 10.1. The van der Waals surface area contributed by atoms with Gasteiger partial charge in [-0.05, 0) is 25.5 Å². The lowest BCUT2D eigenvalue weighted by Crippen LogP contribution is -2.47. The van der Waals surface area contributed by atoms with E-state index in [2.05, 4.69) is 42.3 Å². The van der Waals surface area contributed by atoms with Gasteiger partial charge in [-0.3, -0.25) is 4.79 Å². The van der Waals surface area contributed by atoms with E-state index in [-0.39, 0.29) is 5.91 Å². The number of nitrogens with zero attached hydrogens (tertiary/aromatic N) is 1. The highest BCUT2D eigenvalue weighted by molar-refractivity contribution is 5.83. The number of aryl methyl sites for hydroxylation is 2. The number of carbonyl (C=O) groups is 1. The molecule has 3 nitrogen and oxygen atoms in total. The minimum Gasteiger partial charge on any atom is -0.360 e. The van der Waals surface area contributed by atoms with E-state index in [0.29, 0.717) is 6.54 Å². The van der Waals surface area contributed by atoms with Crippen LogP contribution in [0.2, 0.25) is 0 Å². The molecule has 1 aliphatic heterocycles. The molecule has 0 aliphatic carbocycles. The summed E-state index contributed by atoms with van der Waals surface area (Å²) >= 11 is 0. The summed E-state index contributed by atoms with van der Waals surface area (Å²) in [6.45, 7) is 6.29. The molecule has 1 saturated heterocycles. The van der Waals surface area contributed by atoms with Crippen molar-refractivity contribution in [3.05, 3.63) is 29.3 Å². The summed E-state index contributed by atoms with van der Waals surface area (Å²) in [4.78, 5) is 13.4. The van der Waals surface area contributed by atoms with E-state index in [0.717, 1.165) is 13.1 Å². The summed E-state index contributed by atoms with van der Waals surface area (Å²) in [7, 11) is 0. The number of hydrogen-bond acceptors (Lipinski definition) is 2. The van der Waals surface area contributed by atoms with Gasteiger partial charge in [-0.15, -0.1) is 0 Å². The Morgan fingerprint density at radius 1 is 1.33 bits per heavy atom. The first kappa shape index (κ1) is 10.0. The highest BCUT2D eigenvalue weighted by Crippen LogP contribution is 2.21. The molecule has 1 fully saturated rings. The first-order valence-electron chi connectivity index (χ1n) is 5.26. The van der Waals surface area contributed by atoms with Crippen molar-refractivity contribution in [2.24, 2.45) is 0 Å². The predicted octanol–water partition coefficient (Wildman–Crippen LogP) is 1.24. The topological polar surface area (TPSA) is 32.3 Å². The number of benzene rings is 1. The van der Waals surface area contributed by atoms with Crippen molar-refractivity contribution in [1.82, 2.24) is 5.32 Å². The third-order valence-electron chi connectivity index (χ3n) is 2.73. The van der Waals surface area contributed by atoms with Gasteiger partial charge in [0.1, 0.15) is 0 Å². The molecular formula is C12H16N2O. The number of amides is 1. The Hall–Kier alpha value is -1.51. The van der Waals surface area contributed by atoms with Crippen molar-refractivity contribution in [2.75, 3.05) is 24.5 Å². The summed E-state index contributed by atoms with van der Waals surface area (Å²) in [5.74, 6) is 0.112. The summed E-state index contributed by atoms with van der Waals surface area (Å²) in [6.07, 6.45) is 0. The first-order valence-corrected chi connectivity index (χ1v) is 5.26. The van der Waals surface area contributed by atoms with Crippen LogP contribution in [0, 0.1) is 13.8 Å². The molecule has 0 unspecified atom stereocenters. The van der Waals surface area contributed by atoms with E-state index < -0.39 is 0 Å². The highest BCUT2D eigenvalue weighted by Gasteiger charge is 2.17. The molecule has 1 aromatic rings. The molecule has 0 radical (unpaired) electrons. The Morgan fingerprint density at radius 2 is 2.13 bits per heavy atom. The molecule has 0 bridgehead atoms. The lowest BCUT2D eigenvalue weighted by Gasteiger charge is -2.30. The fraction of sp³-hybridized carbons (Fsp3) is 0.417. The quantitative estimate of drug-likeness (QED) is 0.746. The standard InChI is InChI=1S/C12H16N2O/c1-9-3-4-11(10(2)7-9)14-6-5-13-12(15)8-14/h3-4,7H,5-6,8H2,1-2H3,(H,13,15). The van der Waals surface area contributed by atoms with E-state index in [1.807, 2.05) is 0 Å². The molecule has 1 heterocycles. The maximum atomic E-state index is 11.3. The number of carbonyl (C=O) groups excluding carboxylic acids is 1.